The summed E-state index contributed by atoms with van der Waals surface area (Å²) in [5.41, 5.74) is 10.6. The number of carboxylic acid groups (broad SMARTS) is 1. The number of unbranched alkanes of at least 4 members (excludes halogenated alkanes) is 2. The summed E-state index contributed by atoms with van der Waals surface area (Å²) in [7, 11) is 0. The van der Waals surface area contributed by atoms with Crippen molar-refractivity contribution in [1.29, 1.82) is 0 Å². The van der Waals surface area contributed by atoms with Crippen molar-refractivity contribution in [3.63, 3.8) is 0 Å². The van der Waals surface area contributed by atoms with Crippen LogP contribution in [0.1, 0.15) is 119 Å². The molecule has 1 spiro atoms. The summed E-state index contributed by atoms with van der Waals surface area (Å²) in [6.07, 6.45) is 23.8. The fourth-order valence-corrected chi connectivity index (χ4v) is 9.01. The Labute approximate surface area is 276 Å². The van der Waals surface area contributed by atoms with Crippen molar-refractivity contribution in [1.82, 2.24) is 0 Å². The van der Waals surface area contributed by atoms with E-state index in [2.05, 4.69) is 54.6 Å². The summed E-state index contributed by atoms with van der Waals surface area (Å²) >= 11 is 0. The van der Waals surface area contributed by atoms with Crippen LogP contribution < -0.4 is 5.73 Å². The molecule has 5 atom stereocenters. The average Bonchev–Trinajstić information content (AvgIpc) is 3.53. The Kier molecular flexibility index (Phi) is 12.3. The molecule has 0 amide bonds. The standard InChI is InChI=1S/C41H55NO4/c42-25-22-30-16-17-34(26-30)35(29-43)13-4-1-3-11-32-12-5-6-15-39(40(45)46)41(23-7-2-8-24-41)36-14-9-10-31(27-36)28-38(32)33-18-20-37(44)21-19-33/h5-6,9-10,14,18-21,26-27,29,32,34-35,38-39,44H,1-4,7-8,11-13,15-17,22-25,28,42H2,(H,45,46). The van der Waals surface area contributed by atoms with Crippen molar-refractivity contribution in [2.45, 2.75) is 114 Å². The van der Waals surface area contributed by atoms with E-state index in [0.717, 1.165) is 89.9 Å². The van der Waals surface area contributed by atoms with E-state index in [1.807, 2.05) is 0 Å². The van der Waals surface area contributed by atoms with Gasteiger partial charge in [-0.25, -0.2) is 0 Å². The second-order valence-corrected chi connectivity index (χ2v) is 14.4. The molecule has 2 aromatic rings. The number of hydrogen-bond donors (Lipinski definition) is 3. The zero-order valence-corrected chi connectivity index (χ0v) is 27.6. The second kappa shape index (κ2) is 16.6. The van der Waals surface area contributed by atoms with Gasteiger partial charge < -0.3 is 20.7 Å². The van der Waals surface area contributed by atoms with Crippen LogP contribution in [-0.2, 0) is 21.4 Å². The normalized spacial score (nSPS) is 25.3. The lowest BCUT2D eigenvalue weighted by Crippen LogP contribution is -2.41. The van der Waals surface area contributed by atoms with Crippen molar-refractivity contribution in [3.8, 4) is 5.75 Å². The molecule has 0 aromatic heterocycles. The highest BCUT2D eigenvalue weighted by Gasteiger charge is 2.44. The van der Waals surface area contributed by atoms with Gasteiger partial charge in [-0.1, -0.05) is 98.7 Å². The van der Waals surface area contributed by atoms with Crippen LogP contribution in [0, 0.1) is 23.7 Å². The van der Waals surface area contributed by atoms with Crippen LogP contribution in [0.25, 0.3) is 0 Å². The Morgan fingerprint density at radius 3 is 2.52 bits per heavy atom. The van der Waals surface area contributed by atoms with E-state index < -0.39 is 11.9 Å². The molecule has 0 heterocycles. The van der Waals surface area contributed by atoms with Gasteiger partial charge in [0.2, 0.25) is 0 Å². The number of carbonyl (C=O) groups excluding carboxylic acids is 1. The van der Waals surface area contributed by atoms with Gasteiger partial charge in [-0.3, -0.25) is 4.79 Å². The van der Waals surface area contributed by atoms with Gasteiger partial charge in [0.05, 0.1) is 5.92 Å². The molecule has 4 N–H and O–H groups in total. The summed E-state index contributed by atoms with van der Waals surface area (Å²) in [6, 6.07) is 16.6. The Morgan fingerprint density at radius 2 is 1.78 bits per heavy atom. The number of aromatic hydroxyl groups is 1. The number of carboxylic acids is 1. The second-order valence-electron chi connectivity index (χ2n) is 14.4. The van der Waals surface area contributed by atoms with Gasteiger partial charge in [-0.2, -0.15) is 0 Å². The van der Waals surface area contributed by atoms with Crippen LogP contribution in [0.5, 0.6) is 5.75 Å². The molecular weight excluding hydrogens is 570 g/mol. The number of rotatable bonds is 12. The summed E-state index contributed by atoms with van der Waals surface area (Å²) in [5, 5.41) is 20.6. The van der Waals surface area contributed by atoms with Crippen LogP contribution in [0.15, 0.2) is 72.3 Å². The summed E-state index contributed by atoms with van der Waals surface area (Å²) in [6.45, 7) is 0.679. The molecule has 3 aliphatic carbocycles. The molecule has 0 saturated heterocycles. The molecule has 5 rings (SSSR count). The fourth-order valence-electron chi connectivity index (χ4n) is 9.01. The number of aliphatic carboxylic acids is 1. The maximum Gasteiger partial charge on any atom is 0.307 e. The molecule has 1 fully saturated rings. The Balaban J connectivity index is 1.34. The van der Waals surface area contributed by atoms with Crippen molar-refractivity contribution < 1.29 is 19.8 Å². The van der Waals surface area contributed by atoms with Crippen molar-refractivity contribution in [2.24, 2.45) is 29.4 Å². The number of hydrogen-bond acceptors (Lipinski definition) is 4. The number of benzene rings is 2. The largest absolute Gasteiger partial charge is 0.508 e. The summed E-state index contributed by atoms with van der Waals surface area (Å²) in [4.78, 5) is 24.8. The van der Waals surface area contributed by atoms with E-state index in [4.69, 9.17) is 5.73 Å². The fraction of sp³-hybridized carbons (Fsp3) is 0.561. The predicted molar refractivity (Wildman–Crippen MR) is 186 cm³/mol. The van der Waals surface area contributed by atoms with E-state index in [1.54, 1.807) is 12.1 Å². The number of phenolic OH excluding ortho intramolecular Hbond substituents is 1. The third kappa shape index (κ3) is 8.39. The van der Waals surface area contributed by atoms with Crippen LogP contribution in [0.2, 0.25) is 0 Å². The molecule has 5 heteroatoms. The van der Waals surface area contributed by atoms with E-state index in [1.165, 1.54) is 35.0 Å². The van der Waals surface area contributed by atoms with Gasteiger partial charge in [0, 0.05) is 11.3 Å². The molecule has 0 radical (unpaired) electrons. The van der Waals surface area contributed by atoms with Gasteiger partial charge >= 0.3 is 5.97 Å². The molecule has 1 saturated carbocycles. The first-order valence-corrected chi connectivity index (χ1v) is 18.0. The number of nitrogens with two attached hydrogens (primary N) is 1. The van der Waals surface area contributed by atoms with E-state index in [-0.39, 0.29) is 23.0 Å². The number of carbonyl (C=O) groups is 2. The average molecular weight is 626 g/mol. The lowest BCUT2D eigenvalue weighted by Gasteiger charge is -2.42. The lowest BCUT2D eigenvalue weighted by molar-refractivity contribution is -0.145. The molecule has 248 valence electrons. The van der Waals surface area contributed by atoms with Crippen LogP contribution in [-0.4, -0.2) is 29.0 Å². The number of fused-ring (bicyclic) bond motifs is 3. The van der Waals surface area contributed by atoms with Crippen LogP contribution >= 0.6 is 0 Å². The van der Waals surface area contributed by atoms with Gasteiger partial charge in [-0.05, 0) is 117 Å². The molecule has 2 aromatic carbocycles. The Hall–Kier alpha value is -3.18. The topological polar surface area (TPSA) is 101 Å². The van der Waals surface area contributed by atoms with E-state index in [9.17, 15) is 19.8 Å². The highest BCUT2D eigenvalue weighted by Crippen LogP contribution is 2.48. The summed E-state index contributed by atoms with van der Waals surface area (Å²) < 4.78 is 0. The Morgan fingerprint density at radius 1 is 1.00 bits per heavy atom. The summed E-state index contributed by atoms with van der Waals surface area (Å²) in [5.74, 6) is 0.325. The molecule has 46 heavy (non-hydrogen) atoms. The van der Waals surface area contributed by atoms with E-state index >= 15 is 0 Å². The number of allylic oxidation sites excluding steroid dienone is 3. The minimum absolute atomic E-state index is 0.103. The first-order chi connectivity index (χ1) is 22.4. The van der Waals surface area contributed by atoms with Crippen molar-refractivity contribution in [3.05, 3.63) is 89.0 Å². The number of phenols is 1. The first kappa shape index (κ1) is 34.2. The third-order valence-corrected chi connectivity index (χ3v) is 11.6. The molecule has 2 bridgehead atoms. The van der Waals surface area contributed by atoms with Gasteiger partial charge in [0.25, 0.3) is 0 Å². The minimum atomic E-state index is -0.676. The highest BCUT2D eigenvalue weighted by atomic mass is 16.4. The number of aldehydes is 1. The van der Waals surface area contributed by atoms with E-state index in [0.29, 0.717) is 24.8 Å². The van der Waals surface area contributed by atoms with Crippen molar-refractivity contribution >= 4 is 12.3 Å². The highest BCUT2D eigenvalue weighted by molar-refractivity contribution is 5.73. The first-order valence-electron chi connectivity index (χ1n) is 18.0. The van der Waals surface area contributed by atoms with Crippen LogP contribution in [0.4, 0.5) is 0 Å². The monoisotopic (exact) mass is 625 g/mol. The molecule has 5 nitrogen and oxygen atoms in total. The van der Waals surface area contributed by atoms with Crippen LogP contribution in [0.3, 0.4) is 0 Å². The lowest BCUT2D eigenvalue weighted by atomic mass is 9.60. The third-order valence-electron chi connectivity index (χ3n) is 11.6. The zero-order valence-electron chi connectivity index (χ0n) is 27.6. The van der Waals surface area contributed by atoms with Crippen molar-refractivity contribution in [2.75, 3.05) is 6.54 Å². The molecule has 3 aliphatic rings. The SMILES string of the molecule is NCCC1=CC(C(C=O)CCCCCC2CC=CCC(C(=O)O)C3(CCCCC3)c3cccc(c3)CC2c2ccc(O)cc2)CC1. The smallest absolute Gasteiger partial charge is 0.307 e. The predicted octanol–water partition coefficient (Wildman–Crippen LogP) is 9.04. The zero-order chi connectivity index (χ0) is 32.4. The quantitative estimate of drug-likeness (QED) is 0.124. The molecule has 5 unspecified atom stereocenters. The maximum absolute atomic E-state index is 12.8. The van der Waals surface area contributed by atoms with Gasteiger partial charge in [-0.15, -0.1) is 0 Å². The minimum Gasteiger partial charge on any atom is -0.508 e. The Bertz CT molecular complexity index is 1340. The molecule has 0 aliphatic heterocycles. The maximum atomic E-state index is 12.8. The van der Waals surface area contributed by atoms with Gasteiger partial charge in [0.15, 0.2) is 0 Å². The van der Waals surface area contributed by atoms with Gasteiger partial charge in [0.1, 0.15) is 12.0 Å². The molecular formula is C41H55NO4.